The molecule has 5 unspecified atom stereocenters. The molecule has 33 heavy (non-hydrogen) atoms. The van der Waals surface area contributed by atoms with Crippen molar-refractivity contribution in [2.45, 2.75) is 124 Å². The van der Waals surface area contributed by atoms with E-state index >= 15 is 0 Å². The van der Waals surface area contributed by atoms with Crippen LogP contribution in [0.5, 0.6) is 0 Å². The van der Waals surface area contributed by atoms with Crippen molar-refractivity contribution in [3.8, 4) is 0 Å². The molecule has 0 aromatic rings. The minimum Gasteiger partial charge on any atom is -0.498 e. The van der Waals surface area contributed by atoms with Crippen LogP contribution in [0.4, 0.5) is 0 Å². The van der Waals surface area contributed by atoms with E-state index in [0.29, 0.717) is 23.4 Å². The number of ether oxygens (including phenoxy) is 1. The van der Waals surface area contributed by atoms with Crippen LogP contribution in [0.15, 0.2) is 12.3 Å². The average molecular weight is 459 g/mol. The number of aliphatic hydroxyl groups is 1. The van der Waals surface area contributed by atoms with Gasteiger partial charge in [0.05, 0.1) is 12.4 Å². The summed E-state index contributed by atoms with van der Waals surface area (Å²) in [6.45, 7) is 13.0. The topological polar surface area (TPSA) is 29.5 Å². The van der Waals surface area contributed by atoms with Gasteiger partial charge in [-0.05, 0) is 123 Å². The highest BCUT2D eigenvalue weighted by molar-refractivity contribution is 5.09. The minimum atomic E-state index is 0.214. The summed E-state index contributed by atoms with van der Waals surface area (Å²) in [7, 11) is 0. The summed E-state index contributed by atoms with van der Waals surface area (Å²) < 4.78 is 6.10. The molecule has 0 aromatic carbocycles. The van der Waals surface area contributed by atoms with E-state index in [9.17, 15) is 0 Å². The quantitative estimate of drug-likeness (QED) is 0.351. The average Bonchev–Trinajstić information content (AvgIpc) is 3.14. The van der Waals surface area contributed by atoms with Crippen molar-refractivity contribution in [2.75, 3.05) is 6.61 Å². The second-order valence-electron chi connectivity index (χ2n) is 13.6. The smallest absolute Gasteiger partial charge is 0.0981 e. The summed E-state index contributed by atoms with van der Waals surface area (Å²) in [6, 6.07) is 0. The van der Waals surface area contributed by atoms with Crippen molar-refractivity contribution in [3.63, 3.8) is 0 Å². The van der Waals surface area contributed by atoms with Crippen LogP contribution in [0.2, 0.25) is 0 Å². The Balaban J connectivity index is 1.38. The third kappa shape index (κ3) is 5.07. The standard InChI is InChI=1S/C31H54O2/c1-22(2)9-8-10-23(3)27-13-14-28-26-12-11-24-21-25(33-20-7-6-19-32)15-17-30(24,4)29(26)16-18-31(27,28)5/h7,20,22-29,32H,6,8-19,21H2,1-5H3/b20-7+/t23-,24?,25?,26?,27-,28?,29?,30+,31-/m1/s1. The summed E-state index contributed by atoms with van der Waals surface area (Å²) >= 11 is 0. The first-order chi connectivity index (χ1) is 15.8. The van der Waals surface area contributed by atoms with Gasteiger partial charge in [-0.15, -0.1) is 0 Å². The molecular weight excluding hydrogens is 404 g/mol. The second kappa shape index (κ2) is 10.6. The first-order valence-corrected chi connectivity index (χ1v) is 14.7. The molecule has 4 rings (SSSR count). The van der Waals surface area contributed by atoms with E-state index in [1.54, 1.807) is 0 Å². The van der Waals surface area contributed by atoms with Gasteiger partial charge in [0.2, 0.25) is 0 Å². The van der Waals surface area contributed by atoms with E-state index in [4.69, 9.17) is 9.84 Å². The molecule has 0 saturated heterocycles. The lowest BCUT2D eigenvalue weighted by atomic mass is 9.44. The zero-order chi connectivity index (χ0) is 23.6. The van der Waals surface area contributed by atoms with Gasteiger partial charge in [0.25, 0.3) is 0 Å². The van der Waals surface area contributed by atoms with Gasteiger partial charge in [-0.1, -0.05) is 53.9 Å². The van der Waals surface area contributed by atoms with Crippen LogP contribution in [0.3, 0.4) is 0 Å². The molecule has 2 heteroatoms. The van der Waals surface area contributed by atoms with Crippen molar-refractivity contribution in [2.24, 2.45) is 52.3 Å². The fourth-order valence-corrected chi connectivity index (χ4v) is 9.68. The van der Waals surface area contributed by atoms with Crippen molar-refractivity contribution in [1.29, 1.82) is 0 Å². The molecule has 0 amide bonds. The van der Waals surface area contributed by atoms with Gasteiger partial charge in [0, 0.05) is 6.61 Å². The molecule has 0 aromatic heterocycles. The molecule has 0 radical (unpaired) electrons. The van der Waals surface area contributed by atoms with Gasteiger partial charge < -0.3 is 9.84 Å². The number of hydrogen-bond donors (Lipinski definition) is 1. The zero-order valence-corrected chi connectivity index (χ0v) is 22.5. The molecule has 0 heterocycles. The maximum absolute atomic E-state index is 8.98. The Labute approximate surface area is 205 Å². The van der Waals surface area contributed by atoms with E-state index < -0.39 is 0 Å². The lowest BCUT2D eigenvalue weighted by molar-refractivity contribution is -0.130. The summed E-state index contributed by atoms with van der Waals surface area (Å²) in [5.74, 6) is 6.51. The molecule has 4 saturated carbocycles. The predicted octanol–water partition coefficient (Wildman–Crippen LogP) is 8.39. The number of aliphatic hydroxyl groups excluding tert-OH is 1. The molecular formula is C31H54O2. The first kappa shape index (κ1) is 25.6. The maximum Gasteiger partial charge on any atom is 0.0981 e. The van der Waals surface area contributed by atoms with E-state index in [2.05, 4.69) is 34.6 Å². The third-order valence-corrected chi connectivity index (χ3v) is 11.5. The van der Waals surface area contributed by atoms with Gasteiger partial charge in [-0.25, -0.2) is 0 Å². The van der Waals surface area contributed by atoms with Crippen molar-refractivity contribution < 1.29 is 9.84 Å². The Kier molecular flexibility index (Phi) is 8.24. The molecule has 0 spiro atoms. The molecule has 9 atom stereocenters. The Hall–Kier alpha value is -0.500. The van der Waals surface area contributed by atoms with Gasteiger partial charge in [0.1, 0.15) is 0 Å². The minimum absolute atomic E-state index is 0.214. The molecule has 190 valence electrons. The van der Waals surface area contributed by atoms with E-state index in [1.807, 2.05) is 12.3 Å². The van der Waals surface area contributed by atoms with Crippen LogP contribution in [0, 0.1) is 52.3 Å². The van der Waals surface area contributed by atoms with Crippen LogP contribution in [-0.2, 0) is 4.74 Å². The molecule has 0 aliphatic heterocycles. The van der Waals surface area contributed by atoms with Crippen LogP contribution in [0.1, 0.15) is 118 Å². The summed E-state index contributed by atoms with van der Waals surface area (Å²) in [5, 5.41) is 8.98. The normalized spacial score (nSPS) is 43.8. The largest absolute Gasteiger partial charge is 0.498 e. The van der Waals surface area contributed by atoms with Crippen molar-refractivity contribution >= 4 is 0 Å². The van der Waals surface area contributed by atoms with Gasteiger partial charge in [0.15, 0.2) is 0 Å². The van der Waals surface area contributed by atoms with Crippen LogP contribution in [0.25, 0.3) is 0 Å². The zero-order valence-electron chi connectivity index (χ0n) is 22.5. The Morgan fingerprint density at radius 1 is 0.909 bits per heavy atom. The second-order valence-corrected chi connectivity index (χ2v) is 13.6. The Bertz CT molecular complexity index is 655. The molecule has 4 aliphatic rings. The summed E-state index contributed by atoms with van der Waals surface area (Å²) in [5.41, 5.74) is 1.15. The number of fused-ring (bicyclic) bond motifs is 5. The highest BCUT2D eigenvalue weighted by Crippen LogP contribution is 2.68. The van der Waals surface area contributed by atoms with Gasteiger partial charge in [-0.2, -0.15) is 0 Å². The maximum atomic E-state index is 8.98. The van der Waals surface area contributed by atoms with E-state index in [0.717, 1.165) is 41.4 Å². The molecule has 4 aliphatic carbocycles. The summed E-state index contributed by atoms with van der Waals surface area (Å²) in [4.78, 5) is 0. The van der Waals surface area contributed by atoms with Gasteiger partial charge in [-0.3, -0.25) is 0 Å². The predicted molar refractivity (Wildman–Crippen MR) is 139 cm³/mol. The lowest BCUT2D eigenvalue weighted by Gasteiger charge is -2.61. The van der Waals surface area contributed by atoms with Crippen LogP contribution < -0.4 is 0 Å². The van der Waals surface area contributed by atoms with Crippen molar-refractivity contribution in [1.82, 2.24) is 0 Å². The number of rotatable bonds is 9. The lowest BCUT2D eigenvalue weighted by Crippen LogP contribution is -2.54. The third-order valence-electron chi connectivity index (χ3n) is 11.5. The van der Waals surface area contributed by atoms with Crippen LogP contribution in [-0.4, -0.2) is 17.8 Å². The first-order valence-electron chi connectivity index (χ1n) is 14.7. The van der Waals surface area contributed by atoms with Crippen molar-refractivity contribution in [3.05, 3.63) is 12.3 Å². The highest BCUT2D eigenvalue weighted by atomic mass is 16.5. The number of hydrogen-bond acceptors (Lipinski definition) is 2. The summed E-state index contributed by atoms with van der Waals surface area (Å²) in [6.07, 6.45) is 22.0. The Morgan fingerprint density at radius 2 is 1.67 bits per heavy atom. The molecule has 1 N–H and O–H groups in total. The molecule has 0 bridgehead atoms. The highest BCUT2D eigenvalue weighted by Gasteiger charge is 2.60. The fraction of sp³-hybridized carbons (Fsp3) is 0.935. The van der Waals surface area contributed by atoms with E-state index in [1.165, 1.54) is 77.0 Å². The SMILES string of the molecule is CC(C)CCC[C@@H](C)[C@H]1CCC2C3CCC4CC(O/C=C/CCO)CC[C@]4(C)C3CC[C@@]21C. The van der Waals surface area contributed by atoms with Crippen LogP contribution >= 0.6 is 0 Å². The molecule has 2 nitrogen and oxygen atoms in total. The molecule has 4 fully saturated rings. The van der Waals surface area contributed by atoms with E-state index in [-0.39, 0.29) is 6.61 Å². The fourth-order valence-electron chi connectivity index (χ4n) is 9.68. The van der Waals surface area contributed by atoms with Gasteiger partial charge >= 0.3 is 0 Å². The Morgan fingerprint density at radius 3 is 2.42 bits per heavy atom. The monoisotopic (exact) mass is 458 g/mol.